The van der Waals surface area contributed by atoms with Crippen molar-refractivity contribution in [2.75, 3.05) is 14.2 Å². The molecule has 3 heteroatoms. The maximum absolute atomic E-state index is 6.49. The van der Waals surface area contributed by atoms with Gasteiger partial charge in [-0.2, -0.15) is 0 Å². The fourth-order valence-electron chi connectivity index (χ4n) is 2.44. The molecule has 0 aliphatic heterocycles. The molecule has 18 heavy (non-hydrogen) atoms. The van der Waals surface area contributed by atoms with Crippen molar-refractivity contribution in [2.24, 2.45) is 5.73 Å². The second-order valence-corrected chi connectivity index (χ2v) is 5.38. The number of unbranched alkanes of at least 4 members (excludes halogenated alkanes) is 5. The molecule has 0 aromatic heterocycles. The summed E-state index contributed by atoms with van der Waals surface area (Å²) in [7, 11) is 3.34. The summed E-state index contributed by atoms with van der Waals surface area (Å²) in [6, 6.07) is 0. The van der Waals surface area contributed by atoms with E-state index < -0.39 is 11.3 Å². The SMILES string of the molecule is CCCCCCCCC(N)(CC)C(C)(OC)OC. The first-order valence-electron chi connectivity index (χ1n) is 7.38. The fourth-order valence-corrected chi connectivity index (χ4v) is 2.44. The van der Waals surface area contributed by atoms with Gasteiger partial charge in [-0.05, 0) is 19.8 Å². The molecule has 0 fully saturated rings. The maximum Gasteiger partial charge on any atom is 0.182 e. The molecule has 1 atom stereocenters. The molecule has 110 valence electrons. The van der Waals surface area contributed by atoms with E-state index in [1.807, 2.05) is 6.92 Å². The van der Waals surface area contributed by atoms with Crippen molar-refractivity contribution in [1.29, 1.82) is 0 Å². The van der Waals surface area contributed by atoms with E-state index in [1.165, 1.54) is 32.1 Å². The van der Waals surface area contributed by atoms with Gasteiger partial charge in [-0.25, -0.2) is 0 Å². The molecule has 0 radical (unpaired) electrons. The van der Waals surface area contributed by atoms with Crippen molar-refractivity contribution in [3.63, 3.8) is 0 Å². The van der Waals surface area contributed by atoms with Gasteiger partial charge in [-0.3, -0.25) is 0 Å². The van der Waals surface area contributed by atoms with Crippen LogP contribution in [-0.2, 0) is 9.47 Å². The number of hydrogen-bond donors (Lipinski definition) is 1. The van der Waals surface area contributed by atoms with E-state index in [1.54, 1.807) is 14.2 Å². The molecule has 0 spiro atoms. The van der Waals surface area contributed by atoms with Gasteiger partial charge < -0.3 is 15.2 Å². The van der Waals surface area contributed by atoms with Gasteiger partial charge in [0.15, 0.2) is 5.79 Å². The minimum absolute atomic E-state index is 0.402. The lowest BCUT2D eigenvalue weighted by molar-refractivity contribution is -0.237. The highest BCUT2D eigenvalue weighted by Crippen LogP contribution is 2.32. The molecular weight excluding hydrogens is 226 g/mol. The molecule has 0 aliphatic carbocycles. The predicted octanol–water partition coefficient (Wildman–Crippen LogP) is 3.85. The van der Waals surface area contributed by atoms with Crippen LogP contribution in [0.25, 0.3) is 0 Å². The quantitative estimate of drug-likeness (QED) is 0.453. The highest BCUT2D eigenvalue weighted by Gasteiger charge is 2.44. The van der Waals surface area contributed by atoms with E-state index in [0.29, 0.717) is 0 Å². The van der Waals surface area contributed by atoms with Crippen LogP contribution >= 0.6 is 0 Å². The van der Waals surface area contributed by atoms with Gasteiger partial charge in [0, 0.05) is 14.2 Å². The van der Waals surface area contributed by atoms with Gasteiger partial charge in [0.05, 0.1) is 5.54 Å². The molecule has 0 saturated heterocycles. The molecule has 0 rings (SSSR count). The second kappa shape index (κ2) is 8.89. The van der Waals surface area contributed by atoms with Gasteiger partial charge in [-0.1, -0.05) is 52.4 Å². The highest BCUT2D eigenvalue weighted by atomic mass is 16.7. The van der Waals surface area contributed by atoms with Crippen molar-refractivity contribution in [2.45, 2.75) is 83.5 Å². The Morgan fingerprint density at radius 2 is 1.39 bits per heavy atom. The van der Waals surface area contributed by atoms with Crippen LogP contribution in [0.3, 0.4) is 0 Å². The Hall–Kier alpha value is -0.120. The average Bonchev–Trinajstić information content (AvgIpc) is 2.41. The van der Waals surface area contributed by atoms with Crippen LogP contribution in [0.15, 0.2) is 0 Å². The Morgan fingerprint density at radius 1 is 0.889 bits per heavy atom. The molecule has 0 saturated carbocycles. The standard InChI is InChI=1S/C15H33NO2/c1-6-8-9-10-11-12-13-15(16,7-2)14(3,17-4)18-5/h6-13,16H2,1-5H3. The number of nitrogens with two attached hydrogens (primary N) is 1. The van der Waals surface area contributed by atoms with Crippen LogP contribution in [0.4, 0.5) is 0 Å². The minimum Gasteiger partial charge on any atom is -0.352 e. The summed E-state index contributed by atoms with van der Waals surface area (Å²) in [6.07, 6.45) is 9.50. The lowest BCUT2D eigenvalue weighted by Gasteiger charge is -2.43. The molecule has 1 unspecified atom stereocenters. The zero-order valence-electron chi connectivity index (χ0n) is 13.1. The Kier molecular flexibility index (Phi) is 8.83. The molecule has 2 N–H and O–H groups in total. The zero-order valence-corrected chi connectivity index (χ0v) is 13.1. The van der Waals surface area contributed by atoms with Crippen LogP contribution in [-0.4, -0.2) is 25.5 Å². The number of methoxy groups -OCH3 is 2. The first-order valence-corrected chi connectivity index (χ1v) is 7.38. The van der Waals surface area contributed by atoms with Gasteiger partial charge in [0.2, 0.25) is 0 Å². The number of ether oxygens (including phenoxy) is 2. The summed E-state index contributed by atoms with van der Waals surface area (Å²) in [5.74, 6) is -0.689. The van der Waals surface area contributed by atoms with Crippen LogP contribution in [0.5, 0.6) is 0 Å². The van der Waals surface area contributed by atoms with E-state index >= 15 is 0 Å². The molecule has 0 heterocycles. The Balaban J connectivity index is 4.15. The smallest absolute Gasteiger partial charge is 0.182 e. The van der Waals surface area contributed by atoms with Crippen molar-refractivity contribution < 1.29 is 9.47 Å². The van der Waals surface area contributed by atoms with Gasteiger partial charge >= 0.3 is 0 Å². The summed E-state index contributed by atoms with van der Waals surface area (Å²) in [5, 5.41) is 0. The first-order chi connectivity index (χ1) is 8.49. The van der Waals surface area contributed by atoms with Crippen molar-refractivity contribution in [3.8, 4) is 0 Å². The Morgan fingerprint density at radius 3 is 1.83 bits per heavy atom. The van der Waals surface area contributed by atoms with Crippen LogP contribution < -0.4 is 5.73 Å². The monoisotopic (exact) mass is 259 g/mol. The lowest BCUT2D eigenvalue weighted by Crippen LogP contribution is -2.60. The maximum atomic E-state index is 6.49. The highest BCUT2D eigenvalue weighted by molar-refractivity contribution is 4.95. The summed E-state index contributed by atoms with van der Waals surface area (Å²) in [4.78, 5) is 0. The normalized spacial score (nSPS) is 15.7. The molecule has 3 nitrogen and oxygen atoms in total. The van der Waals surface area contributed by atoms with Gasteiger partial charge in [0.1, 0.15) is 0 Å². The van der Waals surface area contributed by atoms with Crippen molar-refractivity contribution in [1.82, 2.24) is 0 Å². The van der Waals surface area contributed by atoms with Crippen LogP contribution in [0, 0.1) is 0 Å². The van der Waals surface area contributed by atoms with E-state index in [9.17, 15) is 0 Å². The first kappa shape index (κ1) is 17.9. The zero-order chi connectivity index (χ0) is 14.1. The topological polar surface area (TPSA) is 44.5 Å². The Bertz CT molecular complexity index is 205. The third-order valence-electron chi connectivity index (χ3n) is 4.29. The predicted molar refractivity (Wildman–Crippen MR) is 77.6 cm³/mol. The molecule has 0 bridgehead atoms. The lowest BCUT2D eigenvalue weighted by atomic mass is 9.82. The number of hydrogen-bond acceptors (Lipinski definition) is 3. The third kappa shape index (κ3) is 4.87. The molecule has 0 amide bonds. The molecule has 0 aromatic carbocycles. The minimum atomic E-state index is -0.689. The van der Waals surface area contributed by atoms with E-state index in [4.69, 9.17) is 15.2 Å². The fraction of sp³-hybridized carbons (Fsp3) is 1.00. The van der Waals surface area contributed by atoms with E-state index in [-0.39, 0.29) is 0 Å². The van der Waals surface area contributed by atoms with E-state index in [0.717, 1.165) is 19.3 Å². The summed E-state index contributed by atoms with van der Waals surface area (Å²) >= 11 is 0. The van der Waals surface area contributed by atoms with Gasteiger partial charge in [-0.15, -0.1) is 0 Å². The third-order valence-corrected chi connectivity index (χ3v) is 4.29. The van der Waals surface area contributed by atoms with Crippen molar-refractivity contribution >= 4 is 0 Å². The van der Waals surface area contributed by atoms with Crippen LogP contribution in [0.2, 0.25) is 0 Å². The second-order valence-electron chi connectivity index (χ2n) is 5.38. The largest absolute Gasteiger partial charge is 0.352 e. The number of rotatable bonds is 11. The molecular formula is C15H33NO2. The van der Waals surface area contributed by atoms with Gasteiger partial charge in [0.25, 0.3) is 0 Å². The summed E-state index contributed by atoms with van der Waals surface area (Å²) < 4.78 is 11.0. The van der Waals surface area contributed by atoms with E-state index in [2.05, 4.69) is 13.8 Å². The molecule has 0 aromatic rings. The van der Waals surface area contributed by atoms with Crippen LogP contribution in [0.1, 0.15) is 72.1 Å². The van der Waals surface area contributed by atoms with Crippen molar-refractivity contribution in [3.05, 3.63) is 0 Å². The Labute approximate surface area is 113 Å². The molecule has 0 aliphatic rings. The average molecular weight is 259 g/mol. The summed E-state index contributed by atoms with van der Waals surface area (Å²) in [5.41, 5.74) is 6.09. The summed E-state index contributed by atoms with van der Waals surface area (Å²) in [6.45, 7) is 6.28.